The molecule has 0 aromatic heterocycles. The molecular weight excluding hydrogens is 246 g/mol. The molecule has 0 bridgehead atoms. The maximum Gasteiger partial charge on any atom is 0.239 e. The van der Waals surface area contributed by atoms with Crippen molar-refractivity contribution in [1.29, 1.82) is 0 Å². The molecule has 0 fully saturated rings. The van der Waals surface area contributed by atoms with Crippen molar-refractivity contribution in [3.63, 3.8) is 0 Å². The molecule has 2 aromatic rings. The van der Waals surface area contributed by atoms with Gasteiger partial charge >= 0.3 is 0 Å². The van der Waals surface area contributed by atoms with E-state index in [-0.39, 0.29) is 11.8 Å². The van der Waals surface area contributed by atoms with Gasteiger partial charge in [0.25, 0.3) is 0 Å². The second-order valence-corrected chi connectivity index (χ2v) is 4.27. The number of anilines is 1. The molecule has 0 aliphatic rings. The molecule has 3 heteroatoms. The summed E-state index contributed by atoms with van der Waals surface area (Å²) in [5.41, 5.74) is 3.12. The van der Waals surface area contributed by atoms with Crippen LogP contribution in [-0.2, 0) is 11.2 Å². The Morgan fingerprint density at radius 3 is 2.39 bits per heavy atom. The second-order valence-electron chi connectivity index (χ2n) is 4.00. The lowest BCUT2D eigenvalue weighted by atomic mass is 10.0. The molecule has 2 aromatic carbocycles. The molecule has 0 atom stereocenters. The number of halogens is 1. The molecule has 18 heavy (non-hydrogen) atoms. The lowest BCUT2D eigenvalue weighted by Gasteiger charge is -2.10. The van der Waals surface area contributed by atoms with Gasteiger partial charge in [-0.05, 0) is 23.6 Å². The topological polar surface area (TPSA) is 29.1 Å². The van der Waals surface area contributed by atoms with Gasteiger partial charge in [0.05, 0.1) is 0 Å². The van der Waals surface area contributed by atoms with Gasteiger partial charge in [0.2, 0.25) is 5.91 Å². The Kier molecular flexibility index (Phi) is 4.37. The van der Waals surface area contributed by atoms with E-state index in [2.05, 4.69) is 17.4 Å². The van der Waals surface area contributed by atoms with Crippen LogP contribution in [0, 0.1) is 0 Å². The maximum atomic E-state index is 11.3. The van der Waals surface area contributed by atoms with Crippen LogP contribution in [0.2, 0.25) is 0 Å². The van der Waals surface area contributed by atoms with Gasteiger partial charge in [0.1, 0.15) is 5.88 Å². The molecule has 1 amide bonds. The first kappa shape index (κ1) is 12.7. The number of nitrogens with one attached hydrogen (secondary N) is 1. The Hall–Kier alpha value is -1.80. The molecule has 0 aliphatic heterocycles. The largest absolute Gasteiger partial charge is 0.325 e. The highest BCUT2D eigenvalue weighted by Gasteiger charge is 2.05. The molecule has 2 nitrogen and oxygen atoms in total. The lowest BCUT2D eigenvalue weighted by Crippen LogP contribution is -2.14. The van der Waals surface area contributed by atoms with E-state index in [1.54, 1.807) is 0 Å². The summed E-state index contributed by atoms with van der Waals surface area (Å²) in [6.45, 7) is 0. The first-order chi connectivity index (χ1) is 8.79. The molecule has 0 radical (unpaired) electrons. The van der Waals surface area contributed by atoms with Gasteiger partial charge in [0, 0.05) is 5.69 Å². The SMILES string of the molecule is O=C(CCl)Nc1ccccc1Cc1ccccc1. The number of alkyl halides is 1. The van der Waals surface area contributed by atoms with Gasteiger partial charge < -0.3 is 5.32 Å². The first-order valence-corrected chi connectivity index (χ1v) is 6.30. The van der Waals surface area contributed by atoms with E-state index < -0.39 is 0 Å². The zero-order chi connectivity index (χ0) is 12.8. The fourth-order valence-electron chi connectivity index (χ4n) is 1.80. The Labute approximate surface area is 112 Å². The van der Waals surface area contributed by atoms with Gasteiger partial charge in [-0.3, -0.25) is 4.79 Å². The zero-order valence-electron chi connectivity index (χ0n) is 9.90. The molecule has 0 heterocycles. The number of carbonyl (C=O) groups is 1. The number of para-hydroxylation sites is 1. The Balaban J connectivity index is 2.20. The van der Waals surface area contributed by atoms with Crippen LogP contribution in [0.3, 0.4) is 0 Å². The lowest BCUT2D eigenvalue weighted by molar-refractivity contribution is -0.113. The summed E-state index contributed by atoms with van der Waals surface area (Å²) in [7, 11) is 0. The Morgan fingerprint density at radius 2 is 1.67 bits per heavy atom. The van der Waals surface area contributed by atoms with Crippen molar-refractivity contribution < 1.29 is 4.79 Å². The van der Waals surface area contributed by atoms with Crippen LogP contribution in [-0.4, -0.2) is 11.8 Å². The maximum absolute atomic E-state index is 11.3. The van der Waals surface area contributed by atoms with Crippen LogP contribution < -0.4 is 5.32 Å². The number of benzene rings is 2. The van der Waals surface area contributed by atoms with Crippen LogP contribution in [0.4, 0.5) is 5.69 Å². The fourth-order valence-corrected chi connectivity index (χ4v) is 1.86. The van der Waals surface area contributed by atoms with Crippen LogP contribution in [0.1, 0.15) is 11.1 Å². The van der Waals surface area contributed by atoms with Crippen LogP contribution in [0.15, 0.2) is 54.6 Å². The molecular formula is C15H14ClNO. The number of carbonyl (C=O) groups excluding carboxylic acids is 1. The minimum atomic E-state index is -0.183. The summed E-state index contributed by atoms with van der Waals surface area (Å²) in [6.07, 6.45) is 0.791. The number of hydrogen-bond donors (Lipinski definition) is 1. The molecule has 0 spiro atoms. The third-order valence-electron chi connectivity index (χ3n) is 2.65. The summed E-state index contributed by atoms with van der Waals surface area (Å²) in [5.74, 6) is -0.211. The fraction of sp³-hybridized carbons (Fsp3) is 0.133. The van der Waals surface area contributed by atoms with E-state index >= 15 is 0 Å². The highest BCUT2D eigenvalue weighted by Crippen LogP contribution is 2.19. The van der Waals surface area contributed by atoms with Crippen molar-refractivity contribution in [1.82, 2.24) is 0 Å². The van der Waals surface area contributed by atoms with Crippen molar-refractivity contribution in [2.45, 2.75) is 6.42 Å². The van der Waals surface area contributed by atoms with Crippen molar-refractivity contribution in [2.75, 3.05) is 11.2 Å². The molecule has 0 saturated heterocycles. The number of hydrogen-bond acceptors (Lipinski definition) is 1. The predicted octanol–water partition coefficient (Wildman–Crippen LogP) is 3.45. The summed E-state index contributed by atoms with van der Waals surface area (Å²) in [5, 5.41) is 2.81. The van der Waals surface area contributed by atoms with E-state index in [1.807, 2.05) is 42.5 Å². The standard InChI is InChI=1S/C15H14ClNO/c16-11-15(18)17-14-9-5-4-8-13(14)10-12-6-2-1-3-7-12/h1-9H,10-11H2,(H,17,18). The van der Waals surface area contributed by atoms with E-state index in [0.717, 1.165) is 17.7 Å². The van der Waals surface area contributed by atoms with E-state index in [0.29, 0.717) is 0 Å². The smallest absolute Gasteiger partial charge is 0.239 e. The minimum absolute atomic E-state index is 0.0281. The van der Waals surface area contributed by atoms with Crippen molar-refractivity contribution in [3.05, 3.63) is 65.7 Å². The third-order valence-corrected chi connectivity index (χ3v) is 2.89. The normalized spacial score (nSPS) is 10.1. The van der Waals surface area contributed by atoms with Crippen LogP contribution in [0.25, 0.3) is 0 Å². The summed E-state index contributed by atoms with van der Waals surface area (Å²) in [4.78, 5) is 11.3. The monoisotopic (exact) mass is 259 g/mol. The van der Waals surface area contributed by atoms with E-state index in [1.165, 1.54) is 5.56 Å². The minimum Gasteiger partial charge on any atom is -0.325 e. The molecule has 0 aliphatic carbocycles. The second kappa shape index (κ2) is 6.22. The predicted molar refractivity (Wildman–Crippen MR) is 75.0 cm³/mol. The average Bonchev–Trinajstić information content (AvgIpc) is 2.42. The number of rotatable bonds is 4. The molecule has 0 unspecified atom stereocenters. The van der Waals surface area contributed by atoms with Gasteiger partial charge in [0.15, 0.2) is 0 Å². The Morgan fingerprint density at radius 1 is 1.00 bits per heavy atom. The zero-order valence-corrected chi connectivity index (χ0v) is 10.7. The van der Waals surface area contributed by atoms with Gasteiger partial charge in [-0.2, -0.15) is 0 Å². The molecule has 2 rings (SSSR count). The van der Waals surface area contributed by atoms with Crippen molar-refractivity contribution in [2.24, 2.45) is 0 Å². The molecule has 1 N–H and O–H groups in total. The average molecular weight is 260 g/mol. The number of amides is 1. The third kappa shape index (κ3) is 3.34. The summed E-state index contributed by atoms with van der Waals surface area (Å²) >= 11 is 5.50. The Bertz CT molecular complexity index is 525. The van der Waals surface area contributed by atoms with Crippen LogP contribution >= 0.6 is 11.6 Å². The molecule has 92 valence electrons. The summed E-state index contributed by atoms with van der Waals surface area (Å²) in [6, 6.07) is 17.9. The first-order valence-electron chi connectivity index (χ1n) is 5.77. The quantitative estimate of drug-likeness (QED) is 0.837. The molecule has 0 saturated carbocycles. The highest BCUT2D eigenvalue weighted by atomic mass is 35.5. The van der Waals surface area contributed by atoms with E-state index in [9.17, 15) is 4.79 Å². The summed E-state index contributed by atoms with van der Waals surface area (Å²) < 4.78 is 0. The van der Waals surface area contributed by atoms with Gasteiger partial charge in [-0.15, -0.1) is 11.6 Å². The van der Waals surface area contributed by atoms with Crippen molar-refractivity contribution in [3.8, 4) is 0 Å². The van der Waals surface area contributed by atoms with E-state index in [4.69, 9.17) is 11.6 Å². The van der Waals surface area contributed by atoms with Crippen LogP contribution in [0.5, 0.6) is 0 Å². The highest BCUT2D eigenvalue weighted by molar-refractivity contribution is 6.29. The van der Waals surface area contributed by atoms with Gasteiger partial charge in [-0.25, -0.2) is 0 Å². The van der Waals surface area contributed by atoms with Gasteiger partial charge in [-0.1, -0.05) is 48.5 Å². The van der Waals surface area contributed by atoms with Crippen molar-refractivity contribution >= 4 is 23.2 Å².